The summed E-state index contributed by atoms with van der Waals surface area (Å²) in [5, 5.41) is 6.89. The van der Waals surface area contributed by atoms with Gasteiger partial charge in [0.1, 0.15) is 0 Å². The maximum atomic E-state index is 5.45. The fourth-order valence-corrected chi connectivity index (χ4v) is 3.63. The lowest BCUT2D eigenvalue weighted by atomic mass is 9.96. The molecule has 0 unspecified atom stereocenters. The van der Waals surface area contributed by atoms with Crippen molar-refractivity contribution in [2.45, 2.75) is 32.7 Å². The van der Waals surface area contributed by atoms with E-state index in [-0.39, 0.29) is 0 Å². The first-order valence-electron chi connectivity index (χ1n) is 10.5. The maximum Gasteiger partial charge on any atom is 0.203 e. The highest BCUT2D eigenvalue weighted by atomic mass is 16.5. The Kier molecular flexibility index (Phi) is 7.44. The molecule has 2 N–H and O–H groups in total. The third-order valence-electron chi connectivity index (χ3n) is 5.50. The summed E-state index contributed by atoms with van der Waals surface area (Å²) >= 11 is 0. The van der Waals surface area contributed by atoms with Gasteiger partial charge in [-0.15, -0.1) is 0 Å². The monoisotopic (exact) mass is 411 g/mol. The number of benzene rings is 2. The van der Waals surface area contributed by atoms with Gasteiger partial charge in [0.15, 0.2) is 17.5 Å². The Labute approximate surface area is 179 Å². The molecule has 1 fully saturated rings. The molecule has 0 saturated heterocycles. The number of nitrogens with zero attached hydrogens (tertiary/aromatic N) is 1. The zero-order chi connectivity index (χ0) is 21.4. The first-order chi connectivity index (χ1) is 14.6. The first-order valence-corrected chi connectivity index (χ1v) is 10.5. The van der Waals surface area contributed by atoms with Crippen LogP contribution in [0, 0.1) is 5.41 Å². The Balaban J connectivity index is 1.66. The zero-order valence-corrected chi connectivity index (χ0v) is 18.5. The van der Waals surface area contributed by atoms with Crippen LogP contribution >= 0.6 is 0 Å². The van der Waals surface area contributed by atoms with E-state index in [1.165, 1.54) is 18.4 Å². The Hall–Kier alpha value is -2.89. The lowest BCUT2D eigenvalue weighted by Crippen LogP contribution is -2.40. The van der Waals surface area contributed by atoms with E-state index in [1.54, 1.807) is 21.3 Å². The quantitative estimate of drug-likeness (QED) is 0.460. The van der Waals surface area contributed by atoms with Gasteiger partial charge in [0.25, 0.3) is 0 Å². The first kappa shape index (κ1) is 21.8. The number of ether oxygens (including phenoxy) is 3. The molecule has 1 aliphatic carbocycles. The highest BCUT2D eigenvalue weighted by molar-refractivity contribution is 5.79. The van der Waals surface area contributed by atoms with E-state index < -0.39 is 0 Å². The SMILES string of the molecule is CCNC(=NCc1cc(OC)c(OC)c(OC)c1)NCC1(Cc2ccccc2)CC1. The molecule has 0 aliphatic heterocycles. The average molecular weight is 412 g/mol. The minimum atomic E-state index is 0.337. The Morgan fingerprint density at radius 3 is 2.13 bits per heavy atom. The summed E-state index contributed by atoms with van der Waals surface area (Å²) in [6, 6.07) is 14.6. The van der Waals surface area contributed by atoms with Gasteiger partial charge in [0, 0.05) is 13.1 Å². The van der Waals surface area contributed by atoms with Gasteiger partial charge in [-0.2, -0.15) is 0 Å². The smallest absolute Gasteiger partial charge is 0.203 e. The molecule has 0 atom stereocenters. The predicted molar refractivity (Wildman–Crippen MR) is 121 cm³/mol. The third-order valence-corrected chi connectivity index (χ3v) is 5.50. The van der Waals surface area contributed by atoms with Crippen molar-refractivity contribution >= 4 is 5.96 Å². The van der Waals surface area contributed by atoms with Crippen LogP contribution in [0.3, 0.4) is 0 Å². The minimum absolute atomic E-state index is 0.337. The molecule has 1 aliphatic rings. The van der Waals surface area contributed by atoms with Crippen LogP contribution in [-0.4, -0.2) is 40.4 Å². The summed E-state index contributed by atoms with van der Waals surface area (Å²) in [6.45, 7) is 4.32. The molecule has 6 heteroatoms. The van der Waals surface area contributed by atoms with Gasteiger partial charge in [0.05, 0.1) is 27.9 Å². The van der Waals surface area contributed by atoms with Crippen molar-refractivity contribution < 1.29 is 14.2 Å². The van der Waals surface area contributed by atoms with Crippen LogP contribution < -0.4 is 24.8 Å². The molecule has 2 aromatic rings. The van der Waals surface area contributed by atoms with E-state index in [9.17, 15) is 0 Å². The van der Waals surface area contributed by atoms with Crippen molar-refractivity contribution in [1.82, 2.24) is 10.6 Å². The second-order valence-electron chi connectivity index (χ2n) is 7.74. The van der Waals surface area contributed by atoms with Crippen LogP contribution in [-0.2, 0) is 13.0 Å². The number of aliphatic imine (C=N–C) groups is 1. The summed E-state index contributed by atoms with van der Waals surface area (Å²) in [5.41, 5.74) is 2.73. The maximum absolute atomic E-state index is 5.45. The number of methoxy groups -OCH3 is 3. The average Bonchev–Trinajstić information content (AvgIpc) is 3.54. The van der Waals surface area contributed by atoms with Gasteiger partial charge < -0.3 is 24.8 Å². The predicted octanol–water partition coefficient (Wildman–Crippen LogP) is 3.79. The second kappa shape index (κ2) is 10.2. The molecule has 0 amide bonds. The number of guanidine groups is 1. The largest absolute Gasteiger partial charge is 0.493 e. The van der Waals surface area contributed by atoms with Crippen molar-refractivity contribution in [3.63, 3.8) is 0 Å². The molecule has 0 aromatic heterocycles. The van der Waals surface area contributed by atoms with Crippen LogP contribution in [0.2, 0.25) is 0 Å². The molecule has 0 radical (unpaired) electrons. The van der Waals surface area contributed by atoms with Crippen molar-refractivity contribution in [1.29, 1.82) is 0 Å². The zero-order valence-electron chi connectivity index (χ0n) is 18.5. The summed E-state index contributed by atoms with van der Waals surface area (Å²) in [7, 11) is 4.85. The molecule has 162 valence electrons. The standard InChI is InChI=1S/C24H33N3O3/c1-5-25-23(27-17-24(11-12-24)15-18-9-7-6-8-10-18)26-16-19-13-20(28-2)22(30-4)21(14-19)29-3/h6-10,13-14H,5,11-12,15-17H2,1-4H3,(H2,25,26,27). The highest BCUT2D eigenvalue weighted by Gasteiger charge is 2.42. The fraction of sp³-hybridized carbons (Fsp3) is 0.458. The summed E-state index contributed by atoms with van der Waals surface area (Å²) < 4.78 is 16.3. The van der Waals surface area contributed by atoms with Gasteiger partial charge in [0.2, 0.25) is 5.75 Å². The van der Waals surface area contributed by atoms with Gasteiger partial charge in [-0.1, -0.05) is 30.3 Å². The van der Waals surface area contributed by atoms with Crippen molar-refractivity contribution in [2.75, 3.05) is 34.4 Å². The van der Waals surface area contributed by atoms with E-state index in [1.807, 2.05) is 12.1 Å². The van der Waals surface area contributed by atoms with Crippen LogP contribution in [0.5, 0.6) is 17.2 Å². The van der Waals surface area contributed by atoms with E-state index >= 15 is 0 Å². The molecule has 0 heterocycles. The third kappa shape index (κ3) is 5.59. The summed E-state index contributed by atoms with van der Waals surface area (Å²) in [6.07, 6.45) is 3.61. The van der Waals surface area contributed by atoms with Gasteiger partial charge >= 0.3 is 0 Å². The van der Waals surface area contributed by atoms with Crippen molar-refractivity contribution in [3.8, 4) is 17.2 Å². The van der Waals surface area contributed by atoms with E-state index in [4.69, 9.17) is 19.2 Å². The second-order valence-corrected chi connectivity index (χ2v) is 7.74. The van der Waals surface area contributed by atoms with Crippen LogP contribution in [0.1, 0.15) is 30.9 Å². The molecule has 3 rings (SSSR count). The van der Waals surface area contributed by atoms with E-state index in [2.05, 4.69) is 47.9 Å². The number of hydrogen-bond acceptors (Lipinski definition) is 4. The molecule has 2 aromatic carbocycles. The summed E-state index contributed by atoms with van der Waals surface area (Å²) in [4.78, 5) is 4.77. The topological polar surface area (TPSA) is 64.1 Å². The molecule has 0 bridgehead atoms. The van der Waals surface area contributed by atoms with E-state index in [0.717, 1.165) is 31.0 Å². The highest BCUT2D eigenvalue weighted by Crippen LogP contribution is 2.47. The molecule has 30 heavy (non-hydrogen) atoms. The molecular weight excluding hydrogens is 378 g/mol. The molecule has 1 saturated carbocycles. The van der Waals surface area contributed by atoms with Crippen LogP contribution in [0.25, 0.3) is 0 Å². The molecule has 0 spiro atoms. The van der Waals surface area contributed by atoms with Gasteiger partial charge in [-0.05, 0) is 54.9 Å². The normalized spacial score (nSPS) is 14.7. The summed E-state index contributed by atoms with van der Waals surface area (Å²) in [5.74, 6) is 2.69. The number of rotatable bonds is 10. The van der Waals surface area contributed by atoms with Crippen LogP contribution in [0.15, 0.2) is 47.5 Å². The van der Waals surface area contributed by atoms with Crippen molar-refractivity contribution in [2.24, 2.45) is 10.4 Å². The lowest BCUT2D eigenvalue weighted by Gasteiger charge is -2.19. The van der Waals surface area contributed by atoms with Gasteiger partial charge in [-0.25, -0.2) is 4.99 Å². The molecule has 6 nitrogen and oxygen atoms in total. The minimum Gasteiger partial charge on any atom is -0.493 e. The lowest BCUT2D eigenvalue weighted by molar-refractivity contribution is 0.324. The molecular formula is C24H33N3O3. The Bertz CT molecular complexity index is 823. The number of hydrogen-bond donors (Lipinski definition) is 2. The fourth-order valence-electron chi connectivity index (χ4n) is 3.63. The van der Waals surface area contributed by atoms with Gasteiger partial charge in [-0.3, -0.25) is 0 Å². The Morgan fingerprint density at radius 2 is 1.60 bits per heavy atom. The van der Waals surface area contributed by atoms with Crippen LogP contribution in [0.4, 0.5) is 0 Å². The van der Waals surface area contributed by atoms with Crippen molar-refractivity contribution in [3.05, 3.63) is 53.6 Å². The number of nitrogens with one attached hydrogen (secondary N) is 2. The Morgan fingerprint density at radius 1 is 0.933 bits per heavy atom. The van der Waals surface area contributed by atoms with E-state index in [0.29, 0.717) is 29.2 Å².